The van der Waals surface area contributed by atoms with Crippen molar-refractivity contribution in [1.82, 2.24) is 24.1 Å². The first-order valence-corrected chi connectivity index (χ1v) is 10.6. The lowest BCUT2D eigenvalue weighted by atomic mass is 10.1. The van der Waals surface area contributed by atoms with Crippen molar-refractivity contribution in [3.05, 3.63) is 103 Å². The summed E-state index contributed by atoms with van der Waals surface area (Å²) in [6, 6.07) is 31.0. The van der Waals surface area contributed by atoms with Crippen LogP contribution in [0.5, 0.6) is 0 Å². The monoisotopic (exact) mass is 411 g/mol. The highest BCUT2D eigenvalue weighted by Gasteiger charge is 2.20. The van der Waals surface area contributed by atoms with Gasteiger partial charge in [0.05, 0.1) is 16.6 Å². The zero-order chi connectivity index (χ0) is 21.1. The van der Waals surface area contributed by atoms with E-state index >= 15 is 0 Å². The summed E-state index contributed by atoms with van der Waals surface area (Å²) in [4.78, 5) is 14.6. The number of benzene rings is 2. The van der Waals surface area contributed by atoms with Gasteiger partial charge in [0, 0.05) is 34.2 Å². The molecule has 5 aromatic heterocycles. The number of aromatic nitrogens is 5. The lowest BCUT2D eigenvalue weighted by Crippen LogP contribution is -2.00. The molecular formula is C27H17N5. The minimum Gasteiger partial charge on any atom is -0.294 e. The van der Waals surface area contributed by atoms with E-state index in [-0.39, 0.29) is 0 Å². The summed E-state index contributed by atoms with van der Waals surface area (Å²) in [5, 5.41) is 3.31. The second-order valence-electron chi connectivity index (χ2n) is 7.81. The van der Waals surface area contributed by atoms with Gasteiger partial charge < -0.3 is 0 Å². The SMILES string of the molecule is c1ccc(-n2c3ccccc3c3cc4c5ncccc5n(-c5ccccn5)c4nc32)cc1. The van der Waals surface area contributed by atoms with Crippen LogP contribution in [0, 0.1) is 0 Å². The zero-order valence-corrected chi connectivity index (χ0v) is 17.1. The van der Waals surface area contributed by atoms with E-state index in [1.165, 1.54) is 5.39 Å². The summed E-state index contributed by atoms with van der Waals surface area (Å²) >= 11 is 0. The Morgan fingerprint density at radius 2 is 1.28 bits per heavy atom. The van der Waals surface area contributed by atoms with Crippen LogP contribution in [0.4, 0.5) is 0 Å². The van der Waals surface area contributed by atoms with Crippen molar-refractivity contribution in [3.63, 3.8) is 0 Å². The van der Waals surface area contributed by atoms with Crippen molar-refractivity contribution < 1.29 is 0 Å². The van der Waals surface area contributed by atoms with E-state index in [0.29, 0.717) is 0 Å². The van der Waals surface area contributed by atoms with E-state index in [0.717, 1.165) is 50.1 Å². The Labute approximate surface area is 183 Å². The van der Waals surface area contributed by atoms with Crippen molar-refractivity contribution in [2.75, 3.05) is 0 Å². The summed E-state index contributed by atoms with van der Waals surface area (Å²) in [5.74, 6) is 0.828. The highest BCUT2D eigenvalue weighted by Crippen LogP contribution is 2.36. The quantitative estimate of drug-likeness (QED) is 0.347. The van der Waals surface area contributed by atoms with Crippen LogP contribution in [0.2, 0.25) is 0 Å². The first kappa shape index (κ1) is 17.2. The Balaban J connectivity index is 1.71. The van der Waals surface area contributed by atoms with E-state index in [1.54, 1.807) is 0 Å². The van der Waals surface area contributed by atoms with Gasteiger partial charge in [-0.05, 0) is 48.5 Å². The van der Waals surface area contributed by atoms with Crippen LogP contribution in [0.15, 0.2) is 103 Å². The van der Waals surface area contributed by atoms with E-state index in [9.17, 15) is 0 Å². The van der Waals surface area contributed by atoms with Crippen molar-refractivity contribution in [1.29, 1.82) is 0 Å². The standard InChI is InChI=1S/C27H17N5/c1-2-9-18(10-3-1)31-22-12-5-4-11-19(22)20-17-21-25-23(13-8-16-29-25)32(27(21)30-26(20)31)24-14-6-7-15-28-24/h1-17H. The van der Waals surface area contributed by atoms with Gasteiger partial charge in [-0.1, -0.05) is 42.5 Å². The second-order valence-corrected chi connectivity index (χ2v) is 7.81. The number of pyridine rings is 3. The number of fused-ring (bicyclic) bond motifs is 6. The summed E-state index contributed by atoms with van der Waals surface area (Å²) < 4.78 is 4.34. The van der Waals surface area contributed by atoms with Gasteiger partial charge >= 0.3 is 0 Å². The van der Waals surface area contributed by atoms with E-state index < -0.39 is 0 Å². The predicted octanol–water partition coefficient (Wildman–Crippen LogP) is 6.07. The summed E-state index contributed by atoms with van der Waals surface area (Å²) in [6.07, 6.45) is 3.64. The number of rotatable bonds is 2. The maximum absolute atomic E-state index is 5.25. The van der Waals surface area contributed by atoms with Gasteiger partial charge in [0.1, 0.15) is 11.5 Å². The molecule has 0 aliphatic heterocycles. The molecular weight excluding hydrogens is 394 g/mol. The highest BCUT2D eigenvalue weighted by atomic mass is 15.1. The predicted molar refractivity (Wildman–Crippen MR) is 129 cm³/mol. The molecule has 2 aromatic carbocycles. The van der Waals surface area contributed by atoms with Crippen LogP contribution in [0.25, 0.3) is 55.5 Å². The summed E-state index contributed by atoms with van der Waals surface area (Å²) in [5.41, 5.74) is 5.92. The zero-order valence-electron chi connectivity index (χ0n) is 17.1. The molecule has 0 amide bonds. The molecule has 150 valence electrons. The van der Waals surface area contributed by atoms with Gasteiger partial charge in [-0.15, -0.1) is 0 Å². The Morgan fingerprint density at radius 3 is 2.16 bits per heavy atom. The van der Waals surface area contributed by atoms with Gasteiger partial charge in [0.2, 0.25) is 0 Å². The molecule has 5 nitrogen and oxygen atoms in total. The van der Waals surface area contributed by atoms with Crippen LogP contribution in [0.1, 0.15) is 0 Å². The Morgan fingerprint density at radius 1 is 0.531 bits per heavy atom. The molecule has 32 heavy (non-hydrogen) atoms. The second kappa shape index (κ2) is 6.49. The molecule has 0 saturated carbocycles. The fraction of sp³-hybridized carbons (Fsp3) is 0. The summed E-state index contributed by atoms with van der Waals surface area (Å²) in [7, 11) is 0. The molecule has 7 aromatic rings. The van der Waals surface area contributed by atoms with Crippen LogP contribution in [-0.4, -0.2) is 24.1 Å². The van der Waals surface area contributed by atoms with Gasteiger partial charge in [-0.2, -0.15) is 0 Å². The maximum atomic E-state index is 5.25. The largest absolute Gasteiger partial charge is 0.294 e. The van der Waals surface area contributed by atoms with Crippen LogP contribution in [0.3, 0.4) is 0 Å². The lowest BCUT2D eigenvalue weighted by molar-refractivity contribution is 1.05. The van der Waals surface area contributed by atoms with Gasteiger partial charge in [-0.25, -0.2) is 9.97 Å². The molecule has 0 unspecified atom stereocenters. The van der Waals surface area contributed by atoms with Crippen LogP contribution in [-0.2, 0) is 0 Å². The van der Waals surface area contributed by atoms with Gasteiger partial charge in [0.15, 0.2) is 5.65 Å². The summed E-state index contributed by atoms with van der Waals surface area (Å²) in [6.45, 7) is 0. The number of hydrogen-bond donors (Lipinski definition) is 0. The molecule has 0 N–H and O–H groups in total. The Bertz CT molecular complexity index is 1630. The van der Waals surface area contributed by atoms with E-state index in [2.05, 4.69) is 74.8 Å². The molecule has 0 saturated heterocycles. The number of nitrogens with zero attached hydrogens (tertiary/aromatic N) is 5. The van der Waals surface area contributed by atoms with Crippen molar-refractivity contribution >= 4 is 44.0 Å². The molecule has 7 rings (SSSR count). The van der Waals surface area contributed by atoms with Crippen molar-refractivity contribution in [3.8, 4) is 11.5 Å². The molecule has 0 spiro atoms. The fourth-order valence-corrected chi connectivity index (χ4v) is 4.67. The van der Waals surface area contributed by atoms with Crippen molar-refractivity contribution in [2.45, 2.75) is 0 Å². The molecule has 0 fully saturated rings. The molecule has 5 heteroatoms. The van der Waals surface area contributed by atoms with Gasteiger partial charge in [0.25, 0.3) is 0 Å². The van der Waals surface area contributed by atoms with Crippen molar-refractivity contribution in [2.24, 2.45) is 0 Å². The number of para-hydroxylation sites is 2. The Hall–Kier alpha value is -4.51. The maximum Gasteiger partial charge on any atom is 0.150 e. The third kappa shape index (κ3) is 2.30. The molecule has 0 aliphatic rings. The minimum absolute atomic E-state index is 0.828. The molecule has 0 bridgehead atoms. The molecule has 0 aliphatic carbocycles. The van der Waals surface area contributed by atoms with E-state index in [1.807, 2.05) is 42.7 Å². The first-order valence-electron chi connectivity index (χ1n) is 10.6. The molecule has 0 radical (unpaired) electrons. The third-order valence-electron chi connectivity index (χ3n) is 6.02. The molecule has 0 atom stereocenters. The van der Waals surface area contributed by atoms with Gasteiger partial charge in [-0.3, -0.25) is 14.1 Å². The fourth-order valence-electron chi connectivity index (χ4n) is 4.67. The first-order chi connectivity index (χ1) is 15.9. The topological polar surface area (TPSA) is 48.5 Å². The average Bonchev–Trinajstić information content (AvgIpc) is 3.36. The minimum atomic E-state index is 0.828. The smallest absolute Gasteiger partial charge is 0.150 e. The normalized spacial score (nSPS) is 11.8. The average molecular weight is 411 g/mol. The number of hydrogen-bond acceptors (Lipinski definition) is 3. The highest BCUT2D eigenvalue weighted by molar-refractivity contribution is 6.15. The Kier molecular flexibility index (Phi) is 3.49. The molecule has 5 heterocycles. The third-order valence-corrected chi connectivity index (χ3v) is 6.02. The van der Waals surface area contributed by atoms with Crippen LogP contribution < -0.4 is 0 Å². The lowest BCUT2D eigenvalue weighted by Gasteiger charge is -2.08. The van der Waals surface area contributed by atoms with Crippen LogP contribution >= 0.6 is 0 Å². The van der Waals surface area contributed by atoms with E-state index in [4.69, 9.17) is 9.97 Å².